The third kappa shape index (κ3) is 4.24. The van der Waals surface area contributed by atoms with Crippen molar-refractivity contribution in [2.75, 3.05) is 5.32 Å². The summed E-state index contributed by atoms with van der Waals surface area (Å²) in [5, 5.41) is 5.12. The Bertz CT molecular complexity index is 1120. The third-order valence-electron chi connectivity index (χ3n) is 4.57. The molecule has 0 aliphatic heterocycles. The maximum absolute atomic E-state index is 12.5. The molecule has 0 radical (unpaired) electrons. The summed E-state index contributed by atoms with van der Waals surface area (Å²) in [4.78, 5) is 17.1. The van der Waals surface area contributed by atoms with Crippen LogP contribution in [-0.4, -0.2) is 10.9 Å². The molecule has 0 saturated heterocycles. The average Bonchev–Trinajstić information content (AvgIpc) is 2.74. The van der Waals surface area contributed by atoms with Gasteiger partial charge in [0.15, 0.2) is 0 Å². The van der Waals surface area contributed by atoms with Crippen LogP contribution in [0.3, 0.4) is 0 Å². The van der Waals surface area contributed by atoms with Gasteiger partial charge < -0.3 is 5.32 Å². The zero-order chi connectivity index (χ0) is 19.3. The van der Waals surface area contributed by atoms with Gasteiger partial charge in [0.2, 0.25) is 0 Å². The van der Waals surface area contributed by atoms with E-state index in [9.17, 15) is 4.79 Å². The Hall–Kier alpha value is -3.11. The van der Waals surface area contributed by atoms with Crippen molar-refractivity contribution in [3.8, 4) is 0 Å². The first kappa shape index (κ1) is 18.3. The Kier molecular flexibility index (Phi) is 5.40. The van der Waals surface area contributed by atoms with Gasteiger partial charge in [0.1, 0.15) is 0 Å². The standard InChI is InChI=1S/C24H20N2OS/c1-17-6-2-4-8-21(17)26-24(27)20-12-10-18(11-13-20)16-28-23-15-14-19-7-3-5-9-22(19)25-23/h2-15H,16H2,1H3,(H,26,27). The van der Waals surface area contributed by atoms with Gasteiger partial charge in [-0.25, -0.2) is 4.98 Å². The number of nitrogens with zero attached hydrogens (tertiary/aromatic N) is 1. The lowest BCUT2D eigenvalue weighted by atomic mass is 10.1. The van der Waals surface area contributed by atoms with Crippen LogP contribution in [0.25, 0.3) is 10.9 Å². The number of rotatable bonds is 5. The highest BCUT2D eigenvalue weighted by atomic mass is 32.2. The number of thioether (sulfide) groups is 1. The van der Waals surface area contributed by atoms with Crippen LogP contribution in [0.2, 0.25) is 0 Å². The molecule has 3 aromatic carbocycles. The number of anilines is 1. The number of para-hydroxylation sites is 2. The maximum Gasteiger partial charge on any atom is 0.255 e. The lowest BCUT2D eigenvalue weighted by molar-refractivity contribution is 0.102. The van der Waals surface area contributed by atoms with Gasteiger partial charge in [-0.3, -0.25) is 4.79 Å². The molecule has 3 nitrogen and oxygen atoms in total. The molecule has 0 saturated carbocycles. The highest BCUT2D eigenvalue weighted by Crippen LogP contribution is 2.24. The van der Waals surface area contributed by atoms with Crippen molar-refractivity contribution in [1.82, 2.24) is 4.98 Å². The summed E-state index contributed by atoms with van der Waals surface area (Å²) in [7, 11) is 0. The molecule has 0 aliphatic rings. The van der Waals surface area contributed by atoms with E-state index in [0.29, 0.717) is 5.56 Å². The Morgan fingerprint density at radius 2 is 1.64 bits per heavy atom. The van der Waals surface area contributed by atoms with E-state index in [1.165, 1.54) is 0 Å². The van der Waals surface area contributed by atoms with Gasteiger partial charge in [0, 0.05) is 22.4 Å². The van der Waals surface area contributed by atoms with Crippen molar-refractivity contribution in [1.29, 1.82) is 0 Å². The van der Waals surface area contributed by atoms with Gasteiger partial charge in [-0.05, 0) is 48.4 Å². The molecule has 0 atom stereocenters. The van der Waals surface area contributed by atoms with Crippen LogP contribution in [0.5, 0.6) is 0 Å². The first-order valence-electron chi connectivity index (χ1n) is 9.13. The van der Waals surface area contributed by atoms with Crippen molar-refractivity contribution < 1.29 is 4.79 Å². The highest BCUT2D eigenvalue weighted by Gasteiger charge is 2.08. The Balaban J connectivity index is 1.40. The lowest BCUT2D eigenvalue weighted by Gasteiger charge is -2.09. The summed E-state index contributed by atoms with van der Waals surface area (Å²) in [5.74, 6) is 0.718. The summed E-state index contributed by atoms with van der Waals surface area (Å²) in [6.07, 6.45) is 0. The summed E-state index contributed by atoms with van der Waals surface area (Å²) in [6, 6.07) is 27.8. The molecule has 28 heavy (non-hydrogen) atoms. The van der Waals surface area contributed by atoms with Crippen LogP contribution in [0, 0.1) is 6.92 Å². The highest BCUT2D eigenvalue weighted by molar-refractivity contribution is 7.98. The van der Waals surface area contributed by atoms with Crippen molar-refractivity contribution >= 4 is 34.3 Å². The average molecular weight is 385 g/mol. The second-order valence-corrected chi connectivity index (χ2v) is 7.59. The first-order valence-corrected chi connectivity index (χ1v) is 10.1. The summed E-state index contributed by atoms with van der Waals surface area (Å²) >= 11 is 1.70. The van der Waals surface area contributed by atoms with Crippen molar-refractivity contribution in [2.24, 2.45) is 0 Å². The fourth-order valence-electron chi connectivity index (χ4n) is 2.94. The maximum atomic E-state index is 12.5. The molecule has 1 amide bonds. The lowest BCUT2D eigenvalue weighted by Crippen LogP contribution is -2.12. The van der Waals surface area contributed by atoms with Gasteiger partial charge in [-0.1, -0.05) is 54.6 Å². The summed E-state index contributed by atoms with van der Waals surface area (Å²) in [5.41, 5.74) is 4.71. The molecule has 0 aliphatic carbocycles. The SMILES string of the molecule is Cc1ccccc1NC(=O)c1ccc(CSc2ccc3ccccc3n2)cc1. The molecule has 0 bridgehead atoms. The monoisotopic (exact) mass is 384 g/mol. The number of benzene rings is 3. The van der Waals surface area contributed by atoms with E-state index in [1.54, 1.807) is 11.8 Å². The van der Waals surface area contributed by atoms with Gasteiger partial charge in [-0.2, -0.15) is 0 Å². The molecule has 0 unspecified atom stereocenters. The number of pyridine rings is 1. The quantitative estimate of drug-likeness (QED) is 0.424. The number of nitrogens with one attached hydrogen (secondary N) is 1. The minimum atomic E-state index is -0.0929. The number of hydrogen-bond acceptors (Lipinski definition) is 3. The molecule has 4 heteroatoms. The number of hydrogen-bond donors (Lipinski definition) is 1. The number of aryl methyl sites for hydroxylation is 1. The zero-order valence-corrected chi connectivity index (χ0v) is 16.4. The molecule has 138 valence electrons. The van der Waals surface area contributed by atoms with E-state index in [1.807, 2.05) is 73.7 Å². The van der Waals surface area contributed by atoms with Crippen LogP contribution in [0.15, 0.2) is 90.0 Å². The van der Waals surface area contributed by atoms with Crippen LogP contribution in [-0.2, 0) is 5.75 Å². The largest absolute Gasteiger partial charge is 0.322 e. The smallest absolute Gasteiger partial charge is 0.255 e. The second kappa shape index (κ2) is 8.28. The molecular weight excluding hydrogens is 364 g/mol. The van der Waals surface area contributed by atoms with Gasteiger partial charge in [0.05, 0.1) is 10.5 Å². The van der Waals surface area contributed by atoms with E-state index < -0.39 is 0 Å². The topological polar surface area (TPSA) is 42.0 Å². The zero-order valence-electron chi connectivity index (χ0n) is 15.6. The molecule has 0 spiro atoms. The first-order chi connectivity index (χ1) is 13.7. The van der Waals surface area contributed by atoms with E-state index in [2.05, 4.69) is 28.5 Å². The number of aromatic nitrogens is 1. The van der Waals surface area contributed by atoms with Crippen LogP contribution < -0.4 is 5.32 Å². The van der Waals surface area contributed by atoms with Crippen LogP contribution in [0.1, 0.15) is 21.5 Å². The molecule has 0 fully saturated rings. The minimum Gasteiger partial charge on any atom is -0.322 e. The fourth-order valence-corrected chi connectivity index (χ4v) is 3.78. The van der Waals surface area contributed by atoms with Crippen LogP contribution in [0.4, 0.5) is 5.69 Å². The van der Waals surface area contributed by atoms with E-state index in [4.69, 9.17) is 0 Å². The van der Waals surface area contributed by atoms with E-state index in [-0.39, 0.29) is 5.91 Å². The predicted octanol–water partition coefficient (Wildman–Crippen LogP) is 6.09. The van der Waals surface area contributed by atoms with Crippen LogP contribution >= 0.6 is 11.8 Å². The Morgan fingerprint density at radius 3 is 2.46 bits per heavy atom. The summed E-state index contributed by atoms with van der Waals surface area (Å²) in [6.45, 7) is 1.98. The Labute approximate surface area is 168 Å². The van der Waals surface area contributed by atoms with E-state index in [0.717, 1.165) is 38.5 Å². The molecule has 4 aromatic rings. The van der Waals surface area contributed by atoms with Crippen molar-refractivity contribution in [3.05, 3.63) is 102 Å². The fraction of sp³-hybridized carbons (Fsp3) is 0.0833. The van der Waals surface area contributed by atoms with Gasteiger partial charge >= 0.3 is 0 Å². The molecule has 1 aromatic heterocycles. The second-order valence-electron chi connectivity index (χ2n) is 6.60. The molecular formula is C24H20N2OS. The van der Waals surface area contributed by atoms with Gasteiger partial charge in [0.25, 0.3) is 5.91 Å². The number of carbonyl (C=O) groups is 1. The van der Waals surface area contributed by atoms with Crippen molar-refractivity contribution in [2.45, 2.75) is 17.7 Å². The van der Waals surface area contributed by atoms with E-state index >= 15 is 0 Å². The minimum absolute atomic E-state index is 0.0929. The predicted molar refractivity (Wildman–Crippen MR) is 117 cm³/mol. The van der Waals surface area contributed by atoms with Gasteiger partial charge in [-0.15, -0.1) is 11.8 Å². The number of carbonyl (C=O) groups excluding carboxylic acids is 1. The summed E-state index contributed by atoms with van der Waals surface area (Å²) < 4.78 is 0. The molecule has 1 N–H and O–H groups in total. The molecule has 1 heterocycles. The number of amides is 1. The molecule has 4 rings (SSSR count). The Morgan fingerprint density at radius 1 is 0.893 bits per heavy atom. The number of fused-ring (bicyclic) bond motifs is 1. The third-order valence-corrected chi connectivity index (χ3v) is 5.57. The normalized spacial score (nSPS) is 10.8. The van der Waals surface area contributed by atoms with Crippen molar-refractivity contribution in [3.63, 3.8) is 0 Å².